The van der Waals surface area contributed by atoms with Crippen molar-refractivity contribution in [3.63, 3.8) is 0 Å². The molecule has 90 valence electrons. The molecule has 0 atom stereocenters. The highest BCUT2D eigenvalue weighted by Gasteiger charge is 2.21. The summed E-state index contributed by atoms with van der Waals surface area (Å²) >= 11 is 0. The number of para-hydroxylation sites is 1. The summed E-state index contributed by atoms with van der Waals surface area (Å²) < 4.78 is 33.1. The average molecular weight is 253 g/mol. The third kappa shape index (κ3) is 2.47. The van der Waals surface area contributed by atoms with Crippen LogP contribution in [-0.4, -0.2) is 13.6 Å². The van der Waals surface area contributed by atoms with E-state index in [4.69, 9.17) is 4.18 Å². The predicted molar refractivity (Wildman–Crippen MR) is 60.1 cm³/mol. The minimum absolute atomic E-state index is 0.233. The Morgan fingerprint density at radius 3 is 2.71 bits per heavy atom. The molecule has 2 rings (SSSR count). The summed E-state index contributed by atoms with van der Waals surface area (Å²) in [6.45, 7) is 1.92. The predicted octanol–water partition coefficient (Wildman–Crippen LogP) is 2.00. The standard InChI is InChI=1S/C11H11NO4S/c1-2-9-5-3-4-6-10(9)16-17(13,14)11-7-8-15-12-11/h3-8H,2H2,1H3. The molecule has 0 saturated carbocycles. The van der Waals surface area contributed by atoms with E-state index < -0.39 is 10.1 Å². The number of aryl methyl sites for hydroxylation is 1. The highest BCUT2D eigenvalue weighted by molar-refractivity contribution is 7.87. The van der Waals surface area contributed by atoms with Gasteiger partial charge in [0.15, 0.2) is 0 Å². The van der Waals surface area contributed by atoms with Crippen LogP contribution < -0.4 is 4.18 Å². The molecule has 0 fully saturated rings. The van der Waals surface area contributed by atoms with Gasteiger partial charge in [-0.2, -0.15) is 8.42 Å². The van der Waals surface area contributed by atoms with E-state index in [1.807, 2.05) is 19.1 Å². The molecule has 0 amide bonds. The maximum Gasteiger partial charge on any atom is 0.360 e. The van der Waals surface area contributed by atoms with Gasteiger partial charge in [-0.05, 0) is 18.1 Å². The number of rotatable bonds is 4. The second kappa shape index (κ2) is 4.58. The van der Waals surface area contributed by atoms with Crippen LogP contribution in [0.25, 0.3) is 0 Å². The molecule has 6 heteroatoms. The van der Waals surface area contributed by atoms with Crippen molar-refractivity contribution < 1.29 is 17.1 Å². The summed E-state index contributed by atoms with van der Waals surface area (Å²) in [7, 11) is -3.91. The summed E-state index contributed by atoms with van der Waals surface area (Å²) in [5.41, 5.74) is 0.819. The summed E-state index contributed by atoms with van der Waals surface area (Å²) in [5.74, 6) is 0.318. The van der Waals surface area contributed by atoms with Crippen LogP contribution in [0.4, 0.5) is 0 Å². The fraction of sp³-hybridized carbons (Fsp3) is 0.182. The molecule has 0 aliphatic rings. The molecule has 0 N–H and O–H groups in total. The zero-order valence-corrected chi connectivity index (χ0v) is 9.98. The van der Waals surface area contributed by atoms with Gasteiger partial charge in [0.05, 0.1) is 0 Å². The Morgan fingerprint density at radius 2 is 2.06 bits per heavy atom. The van der Waals surface area contributed by atoms with Crippen molar-refractivity contribution >= 4 is 10.1 Å². The molecule has 17 heavy (non-hydrogen) atoms. The third-order valence-electron chi connectivity index (χ3n) is 2.22. The van der Waals surface area contributed by atoms with Crippen LogP contribution in [0.15, 0.2) is 46.1 Å². The second-order valence-electron chi connectivity index (χ2n) is 3.34. The molecule has 1 aromatic carbocycles. The van der Waals surface area contributed by atoms with Crippen LogP contribution in [0.5, 0.6) is 5.75 Å². The van der Waals surface area contributed by atoms with Crippen molar-refractivity contribution in [2.24, 2.45) is 0 Å². The van der Waals surface area contributed by atoms with Gasteiger partial charge in [0.25, 0.3) is 0 Å². The summed E-state index contributed by atoms with van der Waals surface area (Å²) in [4.78, 5) is 0. The molecule has 0 unspecified atom stereocenters. The highest BCUT2D eigenvalue weighted by atomic mass is 32.2. The lowest BCUT2D eigenvalue weighted by molar-refractivity contribution is 0.393. The van der Waals surface area contributed by atoms with E-state index in [9.17, 15) is 8.42 Å². The van der Waals surface area contributed by atoms with Gasteiger partial charge in [-0.25, -0.2) is 0 Å². The van der Waals surface area contributed by atoms with Crippen LogP contribution in [0.3, 0.4) is 0 Å². The molecule has 1 heterocycles. The van der Waals surface area contributed by atoms with Crippen molar-refractivity contribution in [1.82, 2.24) is 5.16 Å². The normalized spacial score (nSPS) is 11.4. The summed E-state index contributed by atoms with van der Waals surface area (Å²) in [6, 6.07) is 8.20. The second-order valence-corrected chi connectivity index (χ2v) is 4.83. The topological polar surface area (TPSA) is 69.4 Å². The van der Waals surface area contributed by atoms with Gasteiger partial charge in [0.2, 0.25) is 5.03 Å². The Morgan fingerprint density at radius 1 is 1.29 bits per heavy atom. The van der Waals surface area contributed by atoms with Gasteiger partial charge in [0, 0.05) is 6.07 Å². The minimum Gasteiger partial charge on any atom is -0.378 e. The van der Waals surface area contributed by atoms with Gasteiger partial charge in [-0.15, -0.1) is 0 Å². The van der Waals surface area contributed by atoms with Crippen molar-refractivity contribution in [2.75, 3.05) is 0 Å². The van der Waals surface area contributed by atoms with Gasteiger partial charge in [-0.1, -0.05) is 30.3 Å². The SMILES string of the molecule is CCc1ccccc1OS(=O)(=O)c1ccon1. The molecular formula is C11H11NO4S. The number of aromatic nitrogens is 1. The van der Waals surface area contributed by atoms with Crippen LogP contribution in [0.2, 0.25) is 0 Å². The van der Waals surface area contributed by atoms with E-state index in [-0.39, 0.29) is 5.03 Å². The van der Waals surface area contributed by atoms with Crippen LogP contribution in [-0.2, 0) is 16.5 Å². The molecule has 0 bridgehead atoms. The molecule has 0 radical (unpaired) electrons. The van der Waals surface area contributed by atoms with Gasteiger partial charge in [0.1, 0.15) is 12.0 Å². The van der Waals surface area contributed by atoms with Gasteiger partial charge >= 0.3 is 10.1 Å². The molecule has 1 aromatic heterocycles. The fourth-order valence-corrected chi connectivity index (χ4v) is 2.21. The van der Waals surface area contributed by atoms with Crippen LogP contribution in [0.1, 0.15) is 12.5 Å². The van der Waals surface area contributed by atoms with Crippen molar-refractivity contribution in [2.45, 2.75) is 18.4 Å². The molecule has 2 aromatic rings. The first kappa shape index (κ1) is 11.7. The smallest absolute Gasteiger partial charge is 0.360 e. The first-order valence-corrected chi connectivity index (χ1v) is 6.47. The van der Waals surface area contributed by atoms with Crippen LogP contribution >= 0.6 is 0 Å². The number of hydrogen-bond donors (Lipinski definition) is 0. The van der Waals surface area contributed by atoms with E-state index >= 15 is 0 Å². The first-order chi connectivity index (χ1) is 8.13. The monoisotopic (exact) mass is 253 g/mol. The Kier molecular flexibility index (Phi) is 3.14. The molecule has 0 aliphatic heterocycles. The highest BCUT2D eigenvalue weighted by Crippen LogP contribution is 2.22. The van der Waals surface area contributed by atoms with Crippen molar-refractivity contribution in [1.29, 1.82) is 0 Å². The van der Waals surface area contributed by atoms with Gasteiger partial charge in [-0.3, -0.25) is 0 Å². The maximum absolute atomic E-state index is 11.8. The number of nitrogens with zero attached hydrogens (tertiary/aromatic N) is 1. The first-order valence-electron chi connectivity index (χ1n) is 5.06. The van der Waals surface area contributed by atoms with E-state index in [0.717, 1.165) is 5.56 Å². The van der Waals surface area contributed by atoms with Crippen molar-refractivity contribution in [3.8, 4) is 5.75 Å². The Hall–Kier alpha value is -1.82. The van der Waals surface area contributed by atoms with E-state index in [1.165, 1.54) is 12.3 Å². The summed E-state index contributed by atoms with van der Waals surface area (Å²) in [5, 5.41) is 3.12. The Labute approximate surface area is 99.1 Å². The zero-order chi connectivity index (χ0) is 12.3. The lowest BCUT2D eigenvalue weighted by Crippen LogP contribution is -2.11. The van der Waals surface area contributed by atoms with Gasteiger partial charge < -0.3 is 8.71 Å². The average Bonchev–Trinajstić information content (AvgIpc) is 2.83. The Bertz CT molecular complexity index is 590. The largest absolute Gasteiger partial charge is 0.378 e. The Balaban J connectivity index is 2.33. The number of benzene rings is 1. The summed E-state index contributed by atoms with van der Waals surface area (Å²) in [6.07, 6.45) is 1.87. The quantitative estimate of drug-likeness (QED) is 0.779. The molecule has 5 nitrogen and oxygen atoms in total. The van der Waals surface area contributed by atoms with Crippen molar-refractivity contribution in [3.05, 3.63) is 42.2 Å². The van der Waals surface area contributed by atoms with E-state index in [2.05, 4.69) is 9.68 Å². The molecule has 0 spiro atoms. The minimum atomic E-state index is -3.91. The number of hydrogen-bond acceptors (Lipinski definition) is 5. The van der Waals surface area contributed by atoms with Crippen LogP contribution in [0, 0.1) is 0 Å². The fourth-order valence-electron chi connectivity index (χ4n) is 1.37. The lowest BCUT2D eigenvalue weighted by atomic mass is 10.1. The van der Waals surface area contributed by atoms with E-state index in [0.29, 0.717) is 12.2 Å². The molecular weight excluding hydrogens is 242 g/mol. The maximum atomic E-state index is 11.8. The zero-order valence-electron chi connectivity index (χ0n) is 9.16. The molecule has 0 saturated heterocycles. The molecule has 0 aliphatic carbocycles. The third-order valence-corrected chi connectivity index (χ3v) is 3.35. The lowest BCUT2D eigenvalue weighted by Gasteiger charge is -2.08. The van der Waals surface area contributed by atoms with E-state index in [1.54, 1.807) is 12.1 Å².